The minimum Gasteiger partial charge on any atom is -0.465 e. The van der Waals surface area contributed by atoms with Crippen LogP contribution in [-0.4, -0.2) is 19.2 Å². The van der Waals surface area contributed by atoms with Gasteiger partial charge < -0.3 is 14.2 Å². The van der Waals surface area contributed by atoms with Gasteiger partial charge in [0.15, 0.2) is 0 Å². The molecule has 36 heavy (non-hydrogen) atoms. The number of unbranched alkanes of at least 4 members (excludes halogenated alkanes) is 13. The van der Waals surface area contributed by atoms with E-state index in [-0.39, 0.29) is 11.3 Å². The Morgan fingerprint density at radius 2 is 1.17 bits per heavy atom. The van der Waals surface area contributed by atoms with Gasteiger partial charge in [0.05, 0.1) is 7.11 Å². The zero-order valence-corrected chi connectivity index (χ0v) is 22.3. The lowest BCUT2D eigenvalue weighted by Gasteiger charge is -2.09. The van der Waals surface area contributed by atoms with Crippen molar-refractivity contribution >= 4 is 12.1 Å². The number of carbonyl (C=O) groups excluding carboxylic acids is 2. The monoisotopic (exact) mass is 496 g/mol. The molecule has 0 aromatic heterocycles. The average Bonchev–Trinajstić information content (AvgIpc) is 2.89. The van der Waals surface area contributed by atoms with Gasteiger partial charge >= 0.3 is 12.1 Å². The number of methoxy groups -OCH3 is 1. The SMILES string of the molecule is CCCCCCCCCCCCCCCCc1ccc(OC(=O)Oc2ccccc2C(=O)OC)cc1. The molecule has 0 N–H and O–H groups in total. The van der Waals surface area contributed by atoms with Crippen LogP contribution in [-0.2, 0) is 11.2 Å². The number of carbonyl (C=O) groups is 2. The first-order valence-electron chi connectivity index (χ1n) is 13.8. The third-order valence-electron chi connectivity index (χ3n) is 6.43. The van der Waals surface area contributed by atoms with Crippen LogP contribution >= 0.6 is 0 Å². The maximum atomic E-state index is 12.2. The molecule has 0 atom stereocenters. The number of hydrogen-bond donors (Lipinski definition) is 0. The maximum Gasteiger partial charge on any atom is 0.519 e. The van der Waals surface area contributed by atoms with Crippen molar-refractivity contribution in [3.8, 4) is 11.5 Å². The third kappa shape index (κ3) is 12.2. The fourth-order valence-electron chi connectivity index (χ4n) is 4.29. The predicted molar refractivity (Wildman–Crippen MR) is 145 cm³/mol. The number of rotatable bonds is 18. The molecular formula is C31H44O5. The van der Waals surface area contributed by atoms with Crippen molar-refractivity contribution in [2.45, 2.75) is 103 Å². The van der Waals surface area contributed by atoms with Crippen molar-refractivity contribution in [2.75, 3.05) is 7.11 Å². The molecule has 5 nitrogen and oxygen atoms in total. The normalized spacial score (nSPS) is 10.7. The van der Waals surface area contributed by atoms with Crippen molar-refractivity contribution in [2.24, 2.45) is 0 Å². The minimum absolute atomic E-state index is 0.101. The molecule has 2 aromatic rings. The van der Waals surface area contributed by atoms with Gasteiger partial charge in [-0.1, -0.05) is 115 Å². The van der Waals surface area contributed by atoms with Crippen LogP contribution in [0.2, 0.25) is 0 Å². The lowest BCUT2D eigenvalue weighted by Crippen LogP contribution is -2.16. The van der Waals surface area contributed by atoms with Gasteiger partial charge in [-0.2, -0.15) is 0 Å². The maximum absolute atomic E-state index is 12.2. The molecular weight excluding hydrogens is 452 g/mol. The molecule has 0 spiro atoms. The summed E-state index contributed by atoms with van der Waals surface area (Å²) >= 11 is 0. The van der Waals surface area contributed by atoms with E-state index >= 15 is 0 Å². The Morgan fingerprint density at radius 1 is 0.639 bits per heavy atom. The Labute approximate surface area is 217 Å². The second kappa shape index (κ2) is 18.4. The molecule has 0 aliphatic carbocycles. The highest BCUT2D eigenvalue weighted by Crippen LogP contribution is 2.21. The first kappa shape index (κ1) is 29.4. The molecule has 2 rings (SSSR count). The van der Waals surface area contributed by atoms with E-state index in [1.54, 1.807) is 24.3 Å². The van der Waals surface area contributed by atoms with Gasteiger partial charge in [0.2, 0.25) is 0 Å². The molecule has 0 aliphatic rings. The smallest absolute Gasteiger partial charge is 0.465 e. The molecule has 0 unspecified atom stereocenters. The zero-order valence-electron chi connectivity index (χ0n) is 22.3. The standard InChI is InChI=1S/C31H44O5/c1-3-4-5-6-7-8-9-10-11-12-13-14-15-16-19-26-22-24-27(25-23-26)35-31(33)36-29-21-18-17-20-28(29)30(32)34-2/h17-18,20-25H,3-16,19H2,1-2H3. The van der Waals surface area contributed by atoms with E-state index in [9.17, 15) is 9.59 Å². The fourth-order valence-corrected chi connectivity index (χ4v) is 4.29. The second-order valence-electron chi connectivity index (χ2n) is 9.43. The van der Waals surface area contributed by atoms with E-state index in [0.29, 0.717) is 5.75 Å². The molecule has 0 saturated carbocycles. The Bertz CT molecular complexity index is 875. The molecule has 2 aromatic carbocycles. The Balaban J connectivity index is 1.54. The summed E-state index contributed by atoms with van der Waals surface area (Å²) in [6.45, 7) is 2.27. The largest absolute Gasteiger partial charge is 0.519 e. The highest BCUT2D eigenvalue weighted by Gasteiger charge is 2.16. The quantitative estimate of drug-likeness (QED) is 0.117. The first-order chi connectivity index (χ1) is 17.6. The van der Waals surface area contributed by atoms with E-state index < -0.39 is 12.1 Å². The average molecular weight is 497 g/mol. The molecule has 0 aliphatic heterocycles. The van der Waals surface area contributed by atoms with Crippen LogP contribution in [0.4, 0.5) is 4.79 Å². The Kier molecular flexibility index (Phi) is 15.1. The van der Waals surface area contributed by atoms with Crippen LogP contribution in [0.3, 0.4) is 0 Å². The second-order valence-corrected chi connectivity index (χ2v) is 9.43. The number of aryl methyl sites for hydroxylation is 1. The van der Waals surface area contributed by atoms with E-state index in [1.807, 2.05) is 12.1 Å². The van der Waals surface area contributed by atoms with Gasteiger partial charge in [0.25, 0.3) is 0 Å². The predicted octanol–water partition coefficient (Wildman–Crippen LogP) is 9.07. The highest BCUT2D eigenvalue weighted by molar-refractivity contribution is 5.93. The molecule has 0 fully saturated rings. The van der Waals surface area contributed by atoms with Crippen LogP contribution in [0.25, 0.3) is 0 Å². The van der Waals surface area contributed by atoms with Gasteiger partial charge in [-0.3, -0.25) is 0 Å². The Morgan fingerprint density at radius 3 is 1.72 bits per heavy atom. The van der Waals surface area contributed by atoms with Crippen molar-refractivity contribution in [1.29, 1.82) is 0 Å². The van der Waals surface area contributed by atoms with Crippen LogP contribution < -0.4 is 9.47 Å². The summed E-state index contributed by atoms with van der Waals surface area (Å²) < 4.78 is 15.2. The van der Waals surface area contributed by atoms with E-state index in [0.717, 1.165) is 6.42 Å². The van der Waals surface area contributed by atoms with Gasteiger partial charge in [-0.05, 0) is 42.7 Å². The molecule has 0 radical (unpaired) electrons. The molecule has 0 heterocycles. The van der Waals surface area contributed by atoms with Gasteiger partial charge in [0.1, 0.15) is 17.1 Å². The Hall–Kier alpha value is -2.82. The van der Waals surface area contributed by atoms with E-state index in [1.165, 1.54) is 115 Å². The molecule has 0 bridgehead atoms. The minimum atomic E-state index is -0.897. The number of para-hydroxylation sites is 1. The van der Waals surface area contributed by atoms with Gasteiger partial charge in [-0.15, -0.1) is 0 Å². The lowest BCUT2D eigenvalue weighted by molar-refractivity contribution is 0.0597. The summed E-state index contributed by atoms with van der Waals surface area (Å²) in [5.41, 5.74) is 1.39. The first-order valence-corrected chi connectivity index (χ1v) is 13.8. The zero-order chi connectivity index (χ0) is 25.8. The topological polar surface area (TPSA) is 61.8 Å². The van der Waals surface area contributed by atoms with Crippen molar-refractivity contribution < 1.29 is 23.8 Å². The third-order valence-corrected chi connectivity index (χ3v) is 6.43. The summed E-state index contributed by atoms with van der Waals surface area (Å²) in [6.07, 6.45) is 19.1. The van der Waals surface area contributed by atoms with Crippen molar-refractivity contribution in [3.63, 3.8) is 0 Å². The van der Waals surface area contributed by atoms with E-state index in [2.05, 4.69) is 6.92 Å². The van der Waals surface area contributed by atoms with Crippen molar-refractivity contribution in [3.05, 3.63) is 59.7 Å². The summed E-state index contributed by atoms with van der Waals surface area (Å²) in [5.74, 6) is -0.0738. The van der Waals surface area contributed by atoms with Crippen LogP contribution in [0.15, 0.2) is 48.5 Å². The molecule has 0 amide bonds. The lowest BCUT2D eigenvalue weighted by atomic mass is 10.0. The van der Waals surface area contributed by atoms with Gasteiger partial charge in [-0.25, -0.2) is 9.59 Å². The van der Waals surface area contributed by atoms with Crippen LogP contribution in [0, 0.1) is 0 Å². The number of benzene rings is 2. The summed E-state index contributed by atoms with van der Waals surface area (Å²) in [4.78, 5) is 24.0. The molecule has 5 heteroatoms. The van der Waals surface area contributed by atoms with Crippen LogP contribution in [0.5, 0.6) is 11.5 Å². The summed E-state index contributed by atoms with van der Waals surface area (Å²) in [5, 5.41) is 0. The van der Waals surface area contributed by atoms with Crippen LogP contribution in [0.1, 0.15) is 113 Å². The van der Waals surface area contributed by atoms with Gasteiger partial charge in [0, 0.05) is 0 Å². The summed E-state index contributed by atoms with van der Waals surface area (Å²) in [7, 11) is 1.28. The van der Waals surface area contributed by atoms with E-state index in [4.69, 9.17) is 14.2 Å². The highest BCUT2D eigenvalue weighted by atomic mass is 16.7. The number of hydrogen-bond acceptors (Lipinski definition) is 5. The fraction of sp³-hybridized carbons (Fsp3) is 0.548. The molecule has 198 valence electrons. The number of ether oxygens (including phenoxy) is 3. The number of esters is 1. The molecule has 0 saturated heterocycles. The van der Waals surface area contributed by atoms with Crippen molar-refractivity contribution in [1.82, 2.24) is 0 Å². The summed E-state index contributed by atoms with van der Waals surface area (Å²) in [6, 6.07) is 13.9.